The van der Waals surface area contributed by atoms with Crippen molar-refractivity contribution in [2.45, 2.75) is 18.3 Å². The van der Waals surface area contributed by atoms with E-state index in [4.69, 9.17) is 39.5 Å². The van der Waals surface area contributed by atoms with Crippen LogP contribution in [-0.4, -0.2) is 31.3 Å². The number of nitrogens with zero attached hydrogens (tertiary/aromatic N) is 4. The molecule has 0 bridgehead atoms. The van der Waals surface area contributed by atoms with Crippen LogP contribution in [-0.2, 0) is 17.9 Å². The molecule has 2 aromatic carbocycles. The van der Waals surface area contributed by atoms with E-state index in [1.54, 1.807) is 28.8 Å². The van der Waals surface area contributed by atoms with Crippen LogP contribution in [0.15, 0.2) is 54.2 Å². The zero-order chi connectivity index (χ0) is 24.0. The van der Waals surface area contributed by atoms with Crippen LogP contribution >= 0.6 is 46.6 Å². The van der Waals surface area contributed by atoms with E-state index >= 15 is 0 Å². The van der Waals surface area contributed by atoms with Gasteiger partial charge in [-0.25, -0.2) is 0 Å². The molecule has 33 heavy (non-hydrogen) atoms. The fourth-order valence-electron chi connectivity index (χ4n) is 2.61. The SMILES string of the molecule is C=CCn1c(COc2cc(Cl)ccc2Cl)nnc1SCC(=O)Nc1cc([N+](=O)[O-])ccc1Cl. The Morgan fingerprint density at radius 2 is 1.97 bits per heavy atom. The first-order chi connectivity index (χ1) is 15.8. The summed E-state index contributed by atoms with van der Waals surface area (Å²) >= 11 is 19.3. The number of thioether (sulfide) groups is 1. The first-order valence-corrected chi connectivity index (χ1v) is 11.4. The Kier molecular flexibility index (Phi) is 8.56. The Hall–Kier alpha value is -2.79. The van der Waals surface area contributed by atoms with Gasteiger partial charge in [-0.3, -0.25) is 19.5 Å². The van der Waals surface area contributed by atoms with Crippen molar-refractivity contribution in [3.8, 4) is 5.75 Å². The average molecular weight is 529 g/mol. The third kappa shape index (κ3) is 6.61. The molecule has 0 fully saturated rings. The van der Waals surface area contributed by atoms with Crippen molar-refractivity contribution in [3.63, 3.8) is 0 Å². The van der Waals surface area contributed by atoms with Crippen LogP contribution < -0.4 is 10.1 Å². The highest BCUT2D eigenvalue weighted by Crippen LogP contribution is 2.29. The van der Waals surface area contributed by atoms with Crippen LogP contribution in [0.1, 0.15) is 5.82 Å². The van der Waals surface area contributed by atoms with Gasteiger partial charge < -0.3 is 10.1 Å². The Bertz CT molecular complexity index is 1200. The molecule has 0 spiro atoms. The Morgan fingerprint density at radius 3 is 2.70 bits per heavy atom. The Labute approximate surface area is 207 Å². The third-order valence-electron chi connectivity index (χ3n) is 4.12. The average Bonchev–Trinajstić information content (AvgIpc) is 3.16. The fourth-order valence-corrected chi connectivity index (χ4v) is 3.88. The second-order valence-electron chi connectivity index (χ2n) is 6.42. The first kappa shape index (κ1) is 24.8. The highest BCUT2D eigenvalue weighted by atomic mass is 35.5. The lowest BCUT2D eigenvalue weighted by Crippen LogP contribution is -2.15. The highest BCUT2D eigenvalue weighted by Gasteiger charge is 2.16. The van der Waals surface area contributed by atoms with E-state index < -0.39 is 10.8 Å². The molecular weight excluding hydrogens is 513 g/mol. The maximum absolute atomic E-state index is 12.4. The van der Waals surface area contributed by atoms with E-state index in [9.17, 15) is 14.9 Å². The molecule has 0 radical (unpaired) electrons. The standard InChI is InChI=1S/C20H16Cl3N5O4S/c1-2-7-27-18(10-32-17-8-12(21)3-5-15(17)23)25-26-20(27)33-11-19(29)24-16-9-13(28(30)31)4-6-14(16)22/h2-6,8-9H,1,7,10-11H2,(H,24,29). The molecule has 0 aliphatic heterocycles. The number of hydrogen-bond acceptors (Lipinski definition) is 7. The van der Waals surface area contributed by atoms with E-state index in [0.29, 0.717) is 33.3 Å². The van der Waals surface area contributed by atoms with Crippen LogP contribution in [0.2, 0.25) is 15.1 Å². The van der Waals surface area contributed by atoms with Crippen LogP contribution in [0.3, 0.4) is 0 Å². The summed E-state index contributed by atoms with van der Waals surface area (Å²) in [6.45, 7) is 4.18. The smallest absolute Gasteiger partial charge is 0.271 e. The van der Waals surface area contributed by atoms with Gasteiger partial charge in [0.1, 0.15) is 12.4 Å². The van der Waals surface area contributed by atoms with Crippen LogP contribution in [0.4, 0.5) is 11.4 Å². The van der Waals surface area contributed by atoms with E-state index in [1.165, 1.54) is 18.2 Å². The topological polar surface area (TPSA) is 112 Å². The molecule has 13 heteroatoms. The molecule has 3 aromatic rings. The van der Waals surface area contributed by atoms with Gasteiger partial charge in [0.25, 0.3) is 5.69 Å². The first-order valence-electron chi connectivity index (χ1n) is 9.26. The van der Waals surface area contributed by atoms with Gasteiger partial charge in [-0.15, -0.1) is 16.8 Å². The number of carbonyl (C=O) groups is 1. The molecule has 0 aliphatic carbocycles. The maximum atomic E-state index is 12.4. The molecule has 0 atom stereocenters. The van der Waals surface area contributed by atoms with Crippen molar-refractivity contribution >= 4 is 63.8 Å². The predicted molar refractivity (Wildman–Crippen MR) is 128 cm³/mol. The van der Waals surface area contributed by atoms with Gasteiger partial charge in [0.2, 0.25) is 5.91 Å². The van der Waals surface area contributed by atoms with Gasteiger partial charge in [-0.2, -0.15) is 0 Å². The maximum Gasteiger partial charge on any atom is 0.271 e. The van der Waals surface area contributed by atoms with E-state index in [0.717, 1.165) is 11.8 Å². The zero-order valence-corrected chi connectivity index (χ0v) is 19.9. The van der Waals surface area contributed by atoms with E-state index in [1.807, 2.05) is 0 Å². The van der Waals surface area contributed by atoms with Crippen molar-refractivity contribution in [2.24, 2.45) is 0 Å². The molecule has 3 rings (SSSR count). The molecule has 172 valence electrons. The number of nitro benzene ring substituents is 1. The number of ether oxygens (including phenoxy) is 1. The van der Waals surface area contributed by atoms with Crippen molar-refractivity contribution in [3.05, 3.63) is 80.1 Å². The summed E-state index contributed by atoms with van der Waals surface area (Å²) in [5.41, 5.74) is -0.0333. The minimum Gasteiger partial charge on any atom is -0.484 e. The number of aromatic nitrogens is 3. The number of amides is 1. The molecule has 1 aromatic heterocycles. The molecule has 0 saturated carbocycles. The van der Waals surface area contributed by atoms with Crippen LogP contribution in [0.5, 0.6) is 5.75 Å². The highest BCUT2D eigenvalue weighted by molar-refractivity contribution is 7.99. The molecule has 0 unspecified atom stereocenters. The van der Waals surface area contributed by atoms with Gasteiger partial charge in [0, 0.05) is 29.8 Å². The number of allylic oxidation sites excluding steroid dienone is 1. The van der Waals surface area contributed by atoms with Gasteiger partial charge in [0.05, 0.1) is 26.4 Å². The van der Waals surface area contributed by atoms with Gasteiger partial charge in [0.15, 0.2) is 11.0 Å². The van der Waals surface area contributed by atoms with Gasteiger partial charge >= 0.3 is 0 Å². The zero-order valence-electron chi connectivity index (χ0n) is 16.8. The Morgan fingerprint density at radius 1 is 1.21 bits per heavy atom. The van der Waals surface area contributed by atoms with Gasteiger partial charge in [-0.1, -0.05) is 52.6 Å². The number of benzene rings is 2. The second kappa shape index (κ2) is 11.4. The summed E-state index contributed by atoms with van der Waals surface area (Å²) in [5.74, 6) is 0.448. The molecule has 1 heterocycles. The quantitative estimate of drug-likeness (QED) is 0.157. The molecule has 1 amide bonds. The Balaban J connectivity index is 1.66. The second-order valence-corrected chi connectivity index (χ2v) is 8.61. The number of nitro groups is 1. The van der Waals surface area contributed by atoms with Crippen molar-refractivity contribution in [1.29, 1.82) is 0 Å². The monoisotopic (exact) mass is 527 g/mol. The lowest BCUT2D eigenvalue weighted by molar-refractivity contribution is -0.384. The summed E-state index contributed by atoms with van der Waals surface area (Å²) in [6.07, 6.45) is 1.66. The van der Waals surface area contributed by atoms with Crippen molar-refractivity contribution in [2.75, 3.05) is 11.1 Å². The van der Waals surface area contributed by atoms with Crippen molar-refractivity contribution in [1.82, 2.24) is 14.8 Å². The lowest BCUT2D eigenvalue weighted by atomic mass is 10.3. The molecule has 1 N–H and O–H groups in total. The molecular formula is C20H16Cl3N5O4S. The number of carbonyl (C=O) groups excluding carboxylic acids is 1. The van der Waals surface area contributed by atoms with E-state index in [-0.39, 0.29) is 28.8 Å². The van der Waals surface area contributed by atoms with Gasteiger partial charge in [-0.05, 0) is 18.2 Å². The number of rotatable bonds is 10. The minimum atomic E-state index is -0.571. The van der Waals surface area contributed by atoms with Crippen LogP contribution in [0.25, 0.3) is 0 Å². The molecule has 0 saturated heterocycles. The number of anilines is 1. The molecule has 9 nitrogen and oxygen atoms in total. The minimum absolute atomic E-state index is 0.0325. The summed E-state index contributed by atoms with van der Waals surface area (Å²) in [7, 11) is 0. The summed E-state index contributed by atoms with van der Waals surface area (Å²) in [4.78, 5) is 22.8. The molecule has 0 aliphatic rings. The normalized spacial score (nSPS) is 10.6. The summed E-state index contributed by atoms with van der Waals surface area (Å²) in [5, 5.41) is 23.3. The number of nitrogens with one attached hydrogen (secondary N) is 1. The lowest BCUT2D eigenvalue weighted by Gasteiger charge is -2.10. The fraction of sp³-hybridized carbons (Fsp3) is 0.150. The van der Waals surface area contributed by atoms with Crippen LogP contribution in [0, 0.1) is 10.1 Å². The number of non-ortho nitro benzene ring substituents is 1. The predicted octanol–water partition coefficient (Wildman–Crippen LogP) is 5.64. The number of hydrogen-bond donors (Lipinski definition) is 1. The number of halogens is 3. The third-order valence-corrected chi connectivity index (χ3v) is 5.97. The summed E-state index contributed by atoms with van der Waals surface area (Å²) in [6, 6.07) is 8.67. The summed E-state index contributed by atoms with van der Waals surface area (Å²) < 4.78 is 7.46. The largest absolute Gasteiger partial charge is 0.484 e. The van der Waals surface area contributed by atoms with E-state index in [2.05, 4.69) is 22.1 Å². The van der Waals surface area contributed by atoms with Crippen molar-refractivity contribution < 1.29 is 14.5 Å².